The molecule has 1 saturated carbocycles. The van der Waals surface area contributed by atoms with E-state index in [-0.39, 0.29) is 29.8 Å². The van der Waals surface area contributed by atoms with Crippen LogP contribution in [0.1, 0.15) is 46.0 Å². The molecule has 1 spiro atoms. The predicted octanol–water partition coefficient (Wildman–Crippen LogP) is 3.18. The van der Waals surface area contributed by atoms with E-state index in [0.717, 1.165) is 70.5 Å². The van der Waals surface area contributed by atoms with Crippen LogP contribution in [0.2, 0.25) is 0 Å². The molecule has 0 aromatic heterocycles. The highest BCUT2D eigenvalue weighted by atomic mass is 16.5. The fourth-order valence-electron chi connectivity index (χ4n) is 7.53. The lowest BCUT2D eigenvalue weighted by molar-refractivity contribution is -0.145. The Kier molecular flexibility index (Phi) is 5.68. The zero-order chi connectivity index (χ0) is 24.3. The number of imide groups is 1. The van der Waals surface area contributed by atoms with Gasteiger partial charge in [-0.25, -0.2) is 0 Å². The maximum absolute atomic E-state index is 13.5. The number of carbonyl (C=O) groups is 2. The number of amides is 2. The lowest BCUT2D eigenvalue weighted by Crippen LogP contribution is -2.47. The van der Waals surface area contributed by atoms with Crippen LogP contribution in [0.5, 0.6) is 5.75 Å². The van der Waals surface area contributed by atoms with Crippen LogP contribution in [0.15, 0.2) is 35.4 Å². The summed E-state index contributed by atoms with van der Waals surface area (Å²) in [6, 6.07) is 7.51. The van der Waals surface area contributed by atoms with E-state index in [2.05, 4.69) is 23.6 Å². The number of anilines is 1. The van der Waals surface area contributed by atoms with Crippen molar-refractivity contribution in [1.29, 1.82) is 0 Å². The Morgan fingerprint density at radius 2 is 1.80 bits per heavy atom. The first-order chi connectivity index (χ1) is 16.9. The van der Waals surface area contributed by atoms with Crippen LogP contribution in [0, 0.1) is 17.8 Å². The number of rotatable bonds is 6. The third-order valence-corrected chi connectivity index (χ3v) is 9.26. The maximum atomic E-state index is 13.5. The molecule has 188 valence electrons. The summed E-state index contributed by atoms with van der Waals surface area (Å²) >= 11 is 0. The van der Waals surface area contributed by atoms with Crippen molar-refractivity contribution in [2.75, 3.05) is 44.2 Å². The Bertz CT molecular complexity index is 1060. The van der Waals surface area contributed by atoms with Crippen molar-refractivity contribution >= 4 is 17.5 Å². The molecule has 4 fully saturated rings. The molecule has 7 heteroatoms. The van der Waals surface area contributed by atoms with Gasteiger partial charge in [-0.3, -0.25) is 19.4 Å². The smallest absolute Gasteiger partial charge is 0.236 e. The number of phenolic OH excluding ortho intramolecular Hbond substituents is 1. The first-order valence-corrected chi connectivity index (χ1v) is 13.4. The molecule has 5 aliphatic rings. The average Bonchev–Trinajstić information content (AvgIpc) is 3.42. The number of hydrogen-bond donors (Lipinski definition) is 1. The lowest BCUT2D eigenvalue weighted by Gasteiger charge is -2.40. The first kappa shape index (κ1) is 23.0. The van der Waals surface area contributed by atoms with Crippen molar-refractivity contribution in [3.05, 3.63) is 35.4 Å². The van der Waals surface area contributed by atoms with Gasteiger partial charge in [0.15, 0.2) is 0 Å². The number of piperazine rings is 1. The van der Waals surface area contributed by atoms with Crippen molar-refractivity contribution in [3.63, 3.8) is 0 Å². The van der Waals surface area contributed by atoms with Crippen LogP contribution in [-0.2, 0) is 14.3 Å². The van der Waals surface area contributed by atoms with Crippen LogP contribution in [0.25, 0.3) is 0 Å². The van der Waals surface area contributed by atoms with Crippen LogP contribution < -0.4 is 4.90 Å². The molecule has 2 bridgehead atoms. The van der Waals surface area contributed by atoms with Gasteiger partial charge in [0.25, 0.3) is 0 Å². The van der Waals surface area contributed by atoms with E-state index < -0.39 is 5.60 Å². The second-order valence-electron chi connectivity index (χ2n) is 11.3. The number of carbonyl (C=O) groups excluding carboxylic acids is 2. The number of phenols is 1. The zero-order valence-electron chi connectivity index (χ0n) is 20.9. The highest BCUT2D eigenvalue weighted by Gasteiger charge is 2.71. The van der Waals surface area contributed by atoms with Crippen LogP contribution in [0.3, 0.4) is 0 Å². The van der Waals surface area contributed by atoms with Gasteiger partial charge < -0.3 is 14.7 Å². The van der Waals surface area contributed by atoms with Gasteiger partial charge in [-0.15, -0.1) is 0 Å². The monoisotopic (exact) mass is 479 g/mol. The third kappa shape index (κ3) is 3.53. The number of aromatic hydroxyl groups is 1. The molecule has 4 heterocycles. The van der Waals surface area contributed by atoms with Gasteiger partial charge in [-0.05, 0) is 74.8 Å². The quantitative estimate of drug-likeness (QED) is 0.384. The normalized spacial score (nSPS) is 34.7. The Labute approximate surface area is 207 Å². The van der Waals surface area contributed by atoms with Gasteiger partial charge in [0.1, 0.15) is 11.4 Å². The molecule has 6 rings (SSSR count). The summed E-state index contributed by atoms with van der Waals surface area (Å²) in [7, 11) is 0. The van der Waals surface area contributed by atoms with Gasteiger partial charge in [0, 0.05) is 32.7 Å². The maximum Gasteiger partial charge on any atom is 0.236 e. The highest BCUT2D eigenvalue weighted by molar-refractivity contribution is 6.07. The number of likely N-dealkylation sites (tertiary alicyclic amines) is 1. The SMILES string of the molecule is CC1=C2CCC(C)CC23OC1C1C(=O)N(CCCCN2CCN(c4ccccc4O)CC2)C(=O)C13. The van der Waals surface area contributed by atoms with Crippen LogP contribution in [-0.4, -0.2) is 77.7 Å². The van der Waals surface area contributed by atoms with Crippen molar-refractivity contribution in [1.82, 2.24) is 9.80 Å². The summed E-state index contributed by atoms with van der Waals surface area (Å²) in [5.74, 6) is 0.257. The molecule has 7 nitrogen and oxygen atoms in total. The van der Waals surface area contributed by atoms with Crippen molar-refractivity contribution < 1.29 is 19.4 Å². The van der Waals surface area contributed by atoms with E-state index in [0.29, 0.717) is 18.2 Å². The molecular weight excluding hydrogens is 442 g/mol. The second-order valence-corrected chi connectivity index (χ2v) is 11.3. The molecule has 0 radical (unpaired) electrons. The fourth-order valence-corrected chi connectivity index (χ4v) is 7.53. The summed E-state index contributed by atoms with van der Waals surface area (Å²) in [6.07, 6.45) is 4.64. The third-order valence-electron chi connectivity index (χ3n) is 9.26. The van der Waals surface area contributed by atoms with Gasteiger partial charge in [0.05, 0.1) is 23.6 Å². The number of benzene rings is 1. The van der Waals surface area contributed by atoms with Gasteiger partial charge in [-0.1, -0.05) is 19.1 Å². The highest BCUT2D eigenvalue weighted by Crippen LogP contribution is 2.62. The summed E-state index contributed by atoms with van der Waals surface area (Å²) in [5, 5.41) is 10.1. The number of nitrogens with zero attached hydrogens (tertiary/aromatic N) is 3. The minimum Gasteiger partial charge on any atom is -0.506 e. The topological polar surface area (TPSA) is 73.3 Å². The number of fused-ring (bicyclic) bond motifs is 3. The molecular formula is C28H37N3O4. The number of unbranched alkanes of at least 4 members (excludes halogenated alkanes) is 1. The van der Waals surface area contributed by atoms with E-state index in [9.17, 15) is 14.7 Å². The molecule has 4 aliphatic heterocycles. The lowest BCUT2D eigenvalue weighted by atomic mass is 9.62. The molecule has 1 aromatic rings. The van der Waals surface area contributed by atoms with Crippen molar-refractivity contribution in [2.24, 2.45) is 17.8 Å². The fraction of sp³-hybridized carbons (Fsp3) is 0.643. The number of hydrogen-bond acceptors (Lipinski definition) is 6. The number of ether oxygens (including phenoxy) is 1. The van der Waals surface area contributed by atoms with E-state index >= 15 is 0 Å². The van der Waals surface area contributed by atoms with Gasteiger partial charge in [-0.2, -0.15) is 0 Å². The zero-order valence-corrected chi connectivity index (χ0v) is 20.9. The molecule has 1 N–H and O–H groups in total. The first-order valence-electron chi connectivity index (χ1n) is 13.4. The summed E-state index contributed by atoms with van der Waals surface area (Å²) in [6.45, 7) is 9.53. The van der Waals surface area contributed by atoms with Crippen molar-refractivity contribution in [2.45, 2.75) is 57.7 Å². The summed E-state index contributed by atoms with van der Waals surface area (Å²) in [5.41, 5.74) is 2.95. The standard InChI is InChI=1S/C28H37N3O4/c1-18-9-10-20-19(2)25-23-24(28(20,17-18)35-25)27(34)31(26(23)33)12-6-5-11-29-13-15-30(16-14-29)21-7-3-4-8-22(21)32/h3-4,7-8,18,23-25,32H,5-6,9-17H2,1-2H3. The molecule has 3 saturated heterocycles. The largest absolute Gasteiger partial charge is 0.506 e. The molecule has 1 aliphatic carbocycles. The minimum atomic E-state index is -0.508. The number of para-hydroxylation sites is 2. The Morgan fingerprint density at radius 1 is 1.06 bits per heavy atom. The Balaban J connectivity index is 1.02. The molecule has 1 aromatic carbocycles. The van der Waals surface area contributed by atoms with E-state index in [4.69, 9.17) is 4.74 Å². The Morgan fingerprint density at radius 3 is 2.57 bits per heavy atom. The predicted molar refractivity (Wildman–Crippen MR) is 133 cm³/mol. The Hall–Kier alpha value is -2.38. The molecule has 2 amide bonds. The van der Waals surface area contributed by atoms with Crippen LogP contribution >= 0.6 is 0 Å². The van der Waals surface area contributed by atoms with Gasteiger partial charge in [0.2, 0.25) is 11.8 Å². The van der Waals surface area contributed by atoms with E-state index in [1.165, 1.54) is 11.1 Å². The van der Waals surface area contributed by atoms with E-state index in [1.54, 1.807) is 11.0 Å². The summed E-state index contributed by atoms with van der Waals surface area (Å²) < 4.78 is 6.49. The van der Waals surface area contributed by atoms with E-state index in [1.807, 2.05) is 18.2 Å². The van der Waals surface area contributed by atoms with Gasteiger partial charge >= 0.3 is 0 Å². The molecule has 35 heavy (non-hydrogen) atoms. The molecule has 5 unspecified atom stereocenters. The average molecular weight is 480 g/mol. The van der Waals surface area contributed by atoms with Crippen LogP contribution in [0.4, 0.5) is 5.69 Å². The summed E-state index contributed by atoms with van der Waals surface area (Å²) in [4.78, 5) is 33.1. The molecule has 5 atom stereocenters. The van der Waals surface area contributed by atoms with Crippen molar-refractivity contribution in [3.8, 4) is 5.75 Å². The second kappa shape index (κ2) is 8.63. The minimum absolute atomic E-state index is 0.00483.